The number of rotatable bonds is 4. The lowest BCUT2D eigenvalue weighted by molar-refractivity contribution is 0.795. The molecule has 1 aromatic carbocycles. The van der Waals surface area contributed by atoms with Crippen LogP contribution in [0.4, 0.5) is 5.69 Å². The van der Waals surface area contributed by atoms with Crippen LogP contribution in [0.2, 0.25) is 0 Å². The van der Waals surface area contributed by atoms with Gasteiger partial charge in [-0.15, -0.1) is 0 Å². The van der Waals surface area contributed by atoms with Crippen molar-refractivity contribution in [1.29, 1.82) is 0 Å². The molecule has 0 radical (unpaired) electrons. The van der Waals surface area contributed by atoms with E-state index in [1.807, 2.05) is 25.1 Å². The van der Waals surface area contributed by atoms with Crippen LogP contribution in [-0.4, -0.2) is 10.5 Å². The van der Waals surface area contributed by atoms with E-state index >= 15 is 0 Å². The first kappa shape index (κ1) is 16.8. The second kappa shape index (κ2) is 7.13. The van der Waals surface area contributed by atoms with Gasteiger partial charge in [0.1, 0.15) is 0 Å². The summed E-state index contributed by atoms with van der Waals surface area (Å²) in [6.45, 7) is 6.44. The summed E-state index contributed by atoms with van der Waals surface area (Å²) in [5.41, 5.74) is 9.56. The van der Waals surface area contributed by atoms with E-state index in [0.717, 1.165) is 11.4 Å². The third kappa shape index (κ3) is 4.22. The normalized spacial score (nSPS) is 11.8. The lowest BCUT2D eigenvalue weighted by Gasteiger charge is -2.10. The zero-order valence-corrected chi connectivity index (χ0v) is 14.1. The van der Waals surface area contributed by atoms with Gasteiger partial charge in [-0.25, -0.2) is 4.99 Å². The predicted octanol–water partition coefficient (Wildman–Crippen LogP) is 2.74. The van der Waals surface area contributed by atoms with E-state index in [0.29, 0.717) is 17.4 Å². The van der Waals surface area contributed by atoms with E-state index in [1.54, 1.807) is 17.7 Å². The number of hydrogen-bond acceptors (Lipinski definition) is 2. The van der Waals surface area contributed by atoms with Gasteiger partial charge in [0.05, 0.1) is 6.54 Å². The molecule has 0 aliphatic rings. The smallest absolute Gasteiger partial charge is 0.255 e. The molecule has 0 aliphatic heterocycles. The number of pyridine rings is 1. The maximum absolute atomic E-state index is 12.1. The van der Waals surface area contributed by atoms with Crippen molar-refractivity contribution in [3.8, 4) is 0 Å². The van der Waals surface area contributed by atoms with E-state index in [1.165, 1.54) is 5.56 Å². The number of aliphatic imine (C=N–C) groups is 1. The Labute approximate surface area is 136 Å². The number of nitrogens with two attached hydrogens (primary N) is 1. The maximum atomic E-state index is 12.1. The van der Waals surface area contributed by atoms with E-state index in [-0.39, 0.29) is 12.1 Å². The van der Waals surface area contributed by atoms with Gasteiger partial charge < -0.3 is 15.6 Å². The van der Waals surface area contributed by atoms with Gasteiger partial charge in [-0.3, -0.25) is 4.79 Å². The van der Waals surface area contributed by atoms with Crippen molar-refractivity contribution in [3.05, 3.63) is 63.6 Å². The zero-order chi connectivity index (χ0) is 17.0. The van der Waals surface area contributed by atoms with Gasteiger partial charge in [0.2, 0.25) is 0 Å². The topological polar surface area (TPSA) is 72.4 Å². The molecule has 1 heterocycles. The fourth-order valence-corrected chi connectivity index (χ4v) is 2.23. The van der Waals surface area contributed by atoms with E-state index < -0.39 is 0 Å². The van der Waals surface area contributed by atoms with Crippen molar-refractivity contribution < 1.29 is 0 Å². The molecule has 1 aromatic heterocycles. The lowest BCUT2D eigenvalue weighted by Crippen LogP contribution is -2.25. The van der Waals surface area contributed by atoms with Crippen molar-refractivity contribution in [1.82, 2.24) is 4.57 Å². The van der Waals surface area contributed by atoms with Gasteiger partial charge in [-0.1, -0.05) is 26.0 Å². The lowest BCUT2D eigenvalue weighted by atomic mass is 10.0. The van der Waals surface area contributed by atoms with Crippen LogP contribution >= 0.6 is 0 Å². The summed E-state index contributed by atoms with van der Waals surface area (Å²) in [4.78, 5) is 16.4. The highest BCUT2D eigenvalue weighted by molar-refractivity contribution is 5.92. The molecule has 2 rings (SSSR count). The van der Waals surface area contributed by atoms with Gasteiger partial charge >= 0.3 is 0 Å². The minimum atomic E-state index is -0.0386. The highest BCUT2D eigenvalue weighted by Crippen LogP contribution is 2.18. The Morgan fingerprint density at radius 3 is 2.74 bits per heavy atom. The molecule has 0 saturated carbocycles. The van der Waals surface area contributed by atoms with Gasteiger partial charge in [0, 0.05) is 24.0 Å². The van der Waals surface area contributed by atoms with Crippen LogP contribution in [0.1, 0.15) is 36.6 Å². The SMILES string of the molecule is Cc1ccc(CN=C(N)Nc2cccc(C(C)C)c2)c(=O)n1C. The van der Waals surface area contributed by atoms with Gasteiger partial charge in [-0.2, -0.15) is 0 Å². The monoisotopic (exact) mass is 312 g/mol. The molecule has 5 heteroatoms. The van der Waals surface area contributed by atoms with Crippen LogP contribution in [0.25, 0.3) is 0 Å². The molecule has 122 valence electrons. The molecule has 0 spiro atoms. The Hall–Kier alpha value is -2.56. The third-order valence-corrected chi connectivity index (χ3v) is 3.88. The first-order valence-electron chi connectivity index (χ1n) is 7.71. The Kier molecular flexibility index (Phi) is 5.21. The number of benzene rings is 1. The van der Waals surface area contributed by atoms with Crippen molar-refractivity contribution >= 4 is 11.6 Å². The van der Waals surface area contributed by atoms with Crippen molar-refractivity contribution in [2.24, 2.45) is 17.8 Å². The summed E-state index contributed by atoms with van der Waals surface area (Å²) in [5.74, 6) is 0.749. The minimum Gasteiger partial charge on any atom is -0.370 e. The van der Waals surface area contributed by atoms with Gasteiger partial charge in [0.25, 0.3) is 5.56 Å². The number of aromatic nitrogens is 1. The van der Waals surface area contributed by atoms with Crippen LogP contribution in [0, 0.1) is 6.92 Å². The number of hydrogen-bond donors (Lipinski definition) is 2. The predicted molar refractivity (Wildman–Crippen MR) is 95.9 cm³/mol. The standard InChI is InChI=1S/C18H24N4O/c1-12(2)14-6-5-7-16(10-14)21-18(19)20-11-15-9-8-13(3)22(4)17(15)23/h5-10,12H,11H2,1-4H3,(H3,19,20,21). The Morgan fingerprint density at radius 1 is 1.30 bits per heavy atom. The first-order valence-corrected chi connectivity index (χ1v) is 7.71. The van der Waals surface area contributed by atoms with Crippen LogP contribution in [0.5, 0.6) is 0 Å². The average Bonchev–Trinajstić information content (AvgIpc) is 2.52. The molecule has 0 fully saturated rings. The average molecular weight is 312 g/mol. The molecule has 0 bridgehead atoms. The molecule has 5 nitrogen and oxygen atoms in total. The molecule has 0 aliphatic carbocycles. The quantitative estimate of drug-likeness (QED) is 0.673. The van der Waals surface area contributed by atoms with Crippen molar-refractivity contribution in [2.75, 3.05) is 5.32 Å². The summed E-state index contributed by atoms with van der Waals surface area (Å²) < 4.78 is 1.61. The number of guanidine groups is 1. The van der Waals surface area contributed by atoms with Crippen LogP contribution < -0.4 is 16.6 Å². The summed E-state index contributed by atoms with van der Waals surface area (Å²) in [5, 5.41) is 3.07. The zero-order valence-electron chi connectivity index (χ0n) is 14.1. The fourth-order valence-electron chi connectivity index (χ4n) is 2.23. The Bertz CT molecular complexity index is 775. The number of nitrogens with one attached hydrogen (secondary N) is 1. The fraction of sp³-hybridized carbons (Fsp3) is 0.333. The Balaban J connectivity index is 2.11. The molecule has 0 unspecified atom stereocenters. The summed E-state index contributed by atoms with van der Waals surface area (Å²) in [6, 6.07) is 11.8. The maximum Gasteiger partial charge on any atom is 0.255 e. The summed E-state index contributed by atoms with van der Waals surface area (Å²) in [7, 11) is 1.75. The molecular weight excluding hydrogens is 288 g/mol. The number of aryl methyl sites for hydroxylation is 1. The van der Waals surface area contributed by atoms with Gasteiger partial charge in [0.15, 0.2) is 5.96 Å². The van der Waals surface area contributed by atoms with Gasteiger partial charge in [-0.05, 0) is 42.7 Å². The van der Waals surface area contributed by atoms with E-state index in [9.17, 15) is 4.79 Å². The minimum absolute atomic E-state index is 0.0386. The van der Waals surface area contributed by atoms with Crippen molar-refractivity contribution in [3.63, 3.8) is 0 Å². The molecule has 0 amide bonds. The second-order valence-electron chi connectivity index (χ2n) is 5.97. The van der Waals surface area contributed by atoms with Crippen molar-refractivity contribution in [2.45, 2.75) is 33.2 Å². The highest BCUT2D eigenvalue weighted by atomic mass is 16.1. The number of nitrogens with zero attached hydrogens (tertiary/aromatic N) is 2. The third-order valence-electron chi connectivity index (χ3n) is 3.88. The molecule has 2 aromatic rings. The second-order valence-corrected chi connectivity index (χ2v) is 5.97. The largest absolute Gasteiger partial charge is 0.370 e. The highest BCUT2D eigenvalue weighted by Gasteiger charge is 2.04. The number of anilines is 1. The Morgan fingerprint density at radius 2 is 2.04 bits per heavy atom. The van der Waals surface area contributed by atoms with Crippen LogP contribution in [-0.2, 0) is 13.6 Å². The van der Waals surface area contributed by atoms with Crippen LogP contribution in [0.15, 0.2) is 46.2 Å². The molecule has 3 N–H and O–H groups in total. The molecule has 23 heavy (non-hydrogen) atoms. The molecule has 0 saturated heterocycles. The van der Waals surface area contributed by atoms with E-state index in [4.69, 9.17) is 5.73 Å². The molecule has 0 atom stereocenters. The van der Waals surface area contributed by atoms with E-state index in [2.05, 4.69) is 36.3 Å². The first-order chi connectivity index (χ1) is 10.9. The van der Waals surface area contributed by atoms with Crippen LogP contribution in [0.3, 0.4) is 0 Å². The molecular formula is C18H24N4O. The summed E-state index contributed by atoms with van der Waals surface area (Å²) in [6.07, 6.45) is 0. The summed E-state index contributed by atoms with van der Waals surface area (Å²) >= 11 is 0.